The van der Waals surface area contributed by atoms with Crippen molar-refractivity contribution in [3.63, 3.8) is 0 Å². The Morgan fingerprint density at radius 2 is 1.64 bits per heavy atom. The highest BCUT2D eigenvalue weighted by molar-refractivity contribution is 6.02. The van der Waals surface area contributed by atoms with Crippen LogP contribution in [0.3, 0.4) is 0 Å². The maximum Gasteiger partial charge on any atom is 0.0709 e. The second-order valence-electron chi connectivity index (χ2n) is 4.62. The van der Waals surface area contributed by atoms with Crippen molar-refractivity contribution >= 4 is 5.71 Å². The van der Waals surface area contributed by atoms with Gasteiger partial charge in [-0.05, 0) is 35.6 Å². The third kappa shape index (κ3) is 1.47. The van der Waals surface area contributed by atoms with Crippen LogP contribution in [-0.4, -0.2) is 5.71 Å². The van der Waals surface area contributed by atoms with Crippen molar-refractivity contribution in [1.82, 2.24) is 0 Å². The standard InChI is InChI=1S/C13H17N/c1-8(2)10-5-11-7-12(9(3)4)14-13(11)6-10/h5-9H,1-4H3. The van der Waals surface area contributed by atoms with Gasteiger partial charge in [0.15, 0.2) is 0 Å². The molecule has 14 heavy (non-hydrogen) atoms. The first-order valence-corrected chi connectivity index (χ1v) is 5.32. The molecule has 1 heterocycles. The molecule has 2 aliphatic rings. The monoisotopic (exact) mass is 187 g/mol. The minimum absolute atomic E-state index is 0.532. The lowest BCUT2D eigenvalue weighted by Gasteiger charge is -2.02. The summed E-state index contributed by atoms with van der Waals surface area (Å²) in [6.45, 7) is 8.81. The van der Waals surface area contributed by atoms with E-state index in [1.165, 1.54) is 16.9 Å². The molecule has 2 rings (SSSR count). The van der Waals surface area contributed by atoms with Gasteiger partial charge in [-0.25, -0.2) is 0 Å². The Morgan fingerprint density at radius 3 is 2.14 bits per heavy atom. The molecular weight excluding hydrogens is 170 g/mol. The topological polar surface area (TPSA) is 12.4 Å². The molecule has 0 fully saturated rings. The van der Waals surface area contributed by atoms with Crippen molar-refractivity contribution < 1.29 is 0 Å². The van der Waals surface area contributed by atoms with Gasteiger partial charge in [-0.15, -0.1) is 0 Å². The predicted molar refractivity (Wildman–Crippen MR) is 61.4 cm³/mol. The van der Waals surface area contributed by atoms with Crippen molar-refractivity contribution in [2.45, 2.75) is 27.7 Å². The van der Waals surface area contributed by atoms with E-state index in [9.17, 15) is 0 Å². The number of fused-ring (bicyclic) bond motifs is 1. The number of allylic oxidation sites excluding steroid dienone is 4. The first-order chi connectivity index (χ1) is 6.58. The lowest BCUT2D eigenvalue weighted by molar-refractivity contribution is 0.793. The van der Waals surface area contributed by atoms with Crippen molar-refractivity contribution in [1.29, 1.82) is 0 Å². The van der Waals surface area contributed by atoms with E-state index < -0.39 is 0 Å². The molecule has 1 heteroatoms. The maximum atomic E-state index is 4.62. The molecule has 0 radical (unpaired) electrons. The Morgan fingerprint density at radius 1 is 0.929 bits per heavy atom. The van der Waals surface area contributed by atoms with Gasteiger partial charge in [0.05, 0.1) is 5.70 Å². The Hall–Kier alpha value is -1.11. The molecule has 1 nitrogen and oxygen atoms in total. The molecule has 0 atom stereocenters. The van der Waals surface area contributed by atoms with Gasteiger partial charge in [-0.1, -0.05) is 27.7 Å². The average Bonchev–Trinajstić information content (AvgIpc) is 2.57. The zero-order valence-corrected chi connectivity index (χ0v) is 9.33. The van der Waals surface area contributed by atoms with Crippen LogP contribution in [0.1, 0.15) is 27.7 Å². The number of aliphatic imine (C=N–C) groups is 1. The lowest BCUT2D eigenvalue weighted by Crippen LogP contribution is -2.00. The van der Waals surface area contributed by atoms with Crippen LogP contribution in [0.5, 0.6) is 0 Å². The van der Waals surface area contributed by atoms with Crippen molar-refractivity contribution in [2.75, 3.05) is 0 Å². The average molecular weight is 187 g/mol. The molecular formula is C13H17N. The molecule has 0 saturated heterocycles. The number of nitrogens with zero attached hydrogens (tertiary/aromatic N) is 1. The van der Waals surface area contributed by atoms with E-state index in [1.54, 1.807) is 0 Å². The fourth-order valence-corrected chi connectivity index (χ4v) is 1.71. The molecule has 0 N–H and O–H groups in total. The van der Waals surface area contributed by atoms with E-state index in [0.717, 1.165) is 5.70 Å². The third-order valence-electron chi connectivity index (χ3n) is 2.73. The summed E-state index contributed by atoms with van der Waals surface area (Å²) in [7, 11) is 0. The molecule has 0 aromatic rings. The second-order valence-corrected chi connectivity index (χ2v) is 4.62. The highest BCUT2D eigenvalue weighted by Crippen LogP contribution is 2.33. The largest absolute Gasteiger partial charge is 0.253 e. The summed E-state index contributed by atoms with van der Waals surface area (Å²) in [5, 5.41) is 0. The summed E-state index contributed by atoms with van der Waals surface area (Å²) in [5.74, 6) is 1.14. The van der Waals surface area contributed by atoms with E-state index >= 15 is 0 Å². The first kappa shape index (κ1) is 9.45. The molecule has 0 aromatic carbocycles. The molecule has 1 aliphatic carbocycles. The number of hydrogen-bond donors (Lipinski definition) is 0. The van der Waals surface area contributed by atoms with E-state index in [1.807, 2.05) is 0 Å². The first-order valence-electron chi connectivity index (χ1n) is 5.32. The van der Waals surface area contributed by atoms with Gasteiger partial charge in [0, 0.05) is 11.3 Å². The summed E-state index contributed by atoms with van der Waals surface area (Å²) >= 11 is 0. The lowest BCUT2D eigenvalue weighted by atomic mass is 10.0. The van der Waals surface area contributed by atoms with Crippen LogP contribution in [-0.2, 0) is 0 Å². The van der Waals surface area contributed by atoms with Crippen LogP contribution in [0.2, 0.25) is 0 Å². The van der Waals surface area contributed by atoms with Gasteiger partial charge in [0.25, 0.3) is 0 Å². The van der Waals surface area contributed by atoms with Gasteiger partial charge in [0.2, 0.25) is 0 Å². The smallest absolute Gasteiger partial charge is 0.0709 e. The Labute approximate surface area is 85.9 Å². The third-order valence-corrected chi connectivity index (χ3v) is 2.73. The minimum atomic E-state index is 0.532. The second kappa shape index (κ2) is 3.23. The zero-order valence-electron chi connectivity index (χ0n) is 9.33. The summed E-state index contributed by atoms with van der Waals surface area (Å²) in [6, 6.07) is 0. The van der Waals surface area contributed by atoms with Crippen LogP contribution >= 0.6 is 0 Å². The molecule has 74 valence electrons. The van der Waals surface area contributed by atoms with E-state index in [4.69, 9.17) is 0 Å². The summed E-state index contributed by atoms with van der Waals surface area (Å²) in [6.07, 6.45) is 6.69. The summed E-state index contributed by atoms with van der Waals surface area (Å²) in [5.41, 5.74) is 5.08. The minimum Gasteiger partial charge on any atom is -0.253 e. The van der Waals surface area contributed by atoms with Gasteiger partial charge < -0.3 is 0 Å². The SMILES string of the molecule is CC(C)C1=CC2=CC(C(C)C)=NC2=C1. The Kier molecular flexibility index (Phi) is 2.18. The van der Waals surface area contributed by atoms with Crippen LogP contribution in [0.4, 0.5) is 0 Å². The fraction of sp³-hybridized carbons (Fsp3) is 0.462. The normalized spacial score (nSPS) is 19.6. The highest BCUT2D eigenvalue weighted by atomic mass is 14.8. The molecule has 0 amide bonds. The van der Waals surface area contributed by atoms with Crippen LogP contribution in [0.15, 0.2) is 40.1 Å². The highest BCUT2D eigenvalue weighted by Gasteiger charge is 2.20. The fourth-order valence-electron chi connectivity index (χ4n) is 1.71. The number of rotatable bonds is 2. The van der Waals surface area contributed by atoms with Crippen LogP contribution in [0.25, 0.3) is 0 Å². The van der Waals surface area contributed by atoms with Crippen molar-refractivity contribution in [2.24, 2.45) is 16.8 Å². The van der Waals surface area contributed by atoms with Crippen LogP contribution in [0, 0.1) is 11.8 Å². The predicted octanol–water partition coefficient (Wildman–Crippen LogP) is 3.50. The Bertz CT molecular complexity index is 338. The van der Waals surface area contributed by atoms with Gasteiger partial charge >= 0.3 is 0 Å². The Balaban J connectivity index is 2.26. The quantitative estimate of drug-likeness (QED) is 0.627. The van der Waals surface area contributed by atoms with Gasteiger partial charge in [-0.2, -0.15) is 0 Å². The van der Waals surface area contributed by atoms with Crippen LogP contribution < -0.4 is 0 Å². The molecule has 1 aliphatic heterocycles. The molecule has 0 aromatic heterocycles. The van der Waals surface area contributed by atoms with Gasteiger partial charge in [0.1, 0.15) is 0 Å². The van der Waals surface area contributed by atoms with Gasteiger partial charge in [-0.3, -0.25) is 4.99 Å². The van der Waals surface area contributed by atoms with E-state index in [2.05, 4.69) is 50.9 Å². The molecule has 0 bridgehead atoms. The number of hydrogen-bond acceptors (Lipinski definition) is 1. The van der Waals surface area contributed by atoms with Crippen molar-refractivity contribution in [3.8, 4) is 0 Å². The summed E-state index contributed by atoms with van der Waals surface area (Å²) in [4.78, 5) is 4.62. The zero-order chi connectivity index (χ0) is 10.3. The van der Waals surface area contributed by atoms with Crippen molar-refractivity contribution in [3.05, 3.63) is 35.1 Å². The summed E-state index contributed by atoms with van der Waals surface area (Å²) < 4.78 is 0. The molecule has 0 spiro atoms. The molecule has 0 unspecified atom stereocenters. The molecule has 0 saturated carbocycles. The van der Waals surface area contributed by atoms with E-state index in [0.29, 0.717) is 11.8 Å². The van der Waals surface area contributed by atoms with E-state index in [-0.39, 0.29) is 0 Å². The maximum absolute atomic E-state index is 4.62.